The van der Waals surface area contributed by atoms with Gasteiger partial charge in [-0.05, 0) is 66.1 Å². The van der Waals surface area contributed by atoms with Gasteiger partial charge in [0.15, 0.2) is 0 Å². The third-order valence-corrected chi connectivity index (χ3v) is 5.05. The first-order valence-corrected chi connectivity index (χ1v) is 13.6. The summed E-state index contributed by atoms with van der Waals surface area (Å²) in [5.74, 6) is -0.222. The van der Waals surface area contributed by atoms with Crippen molar-refractivity contribution in [1.82, 2.24) is 5.32 Å². The minimum atomic E-state index is -4.37. The Morgan fingerprint density at radius 3 is 2.08 bits per heavy atom. The zero-order valence-corrected chi connectivity index (χ0v) is 24.2. The lowest BCUT2D eigenvalue weighted by atomic mass is 9.96. The largest absolute Gasteiger partial charge is 0.416 e. The first kappa shape index (κ1) is 34.3. The van der Waals surface area contributed by atoms with Crippen LogP contribution in [-0.4, -0.2) is 24.7 Å². The number of aliphatic imine (C=N–C) groups is 1. The number of allylic oxidation sites excluding steroid dienone is 1. The van der Waals surface area contributed by atoms with Gasteiger partial charge in [0.1, 0.15) is 0 Å². The van der Waals surface area contributed by atoms with Crippen molar-refractivity contribution < 1.29 is 18.0 Å². The summed E-state index contributed by atoms with van der Waals surface area (Å²) >= 11 is 6.44. The smallest absolute Gasteiger partial charge is 0.344 e. The summed E-state index contributed by atoms with van der Waals surface area (Å²) in [7, 11) is 1.68. The molecule has 0 saturated carbocycles. The standard InChI is InChI=1S/C25H23F3N2O.2C2H6.H2S2/c1-4-6-23(29-3)16(2)30-24(31)19-11-14-22-18(15-19)7-5-8-21(22)17-9-12-20(13-10-17)25(26,27)28;3*1-2/h4-16H,1-3H3,(H,30,31);2*1-2H3;1-2H/b6-4-,29-23?;;;. The maximum atomic E-state index is 12.9. The minimum Gasteiger partial charge on any atom is -0.344 e. The highest BCUT2D eigenvalue weighted by molar-refractivity contribution is 8.59. The summed E-state index contributed by atoms with van der Waals surface area (Å²) in [4.78, 5) is 16.9. The Morgan fingerprint density at radius 1 is 0.973 bits per heavy atom. The van der Waals surface area contributed by atoms with E-state index < -0.39 is 11.7 Å². The van der Waals surface area contributed by atoms with Gasteiger partial charge >= 0.3 is 6.18 Å². The molecule has 0 bridgehead atoms. The summed E-state index contributed by atoms with van der Waals surface area (Å²) in [6.45, 7) is 11.8. The van der Waals surface area contributed by atoms with Gasteiger partial charge in [-0.2, -0.15) is 13.2 Å². The molecular weight excluding hydrogens is 513 g/mol. The van der Waals surface area contributed by atoms with Crippen LogP contribution in [-0.2, 0) is 6.18 Å². The molecule has 3 aromatic carbocycles. The normalized spacial score (nSPS) is 11.8. The number of hydrogen-bond donors (Lipinski definition) is 3. The number of rotatable bonds is 5. The molecule has 1 unspecified atom stereocenters. The average Bonchev–Trinajstić information content (AvgIpc) is 2.93. The molecule has 1 N–H and O–H groups in total. The number of carbonyl (C=O) groups excluding carboxylic acids is 1. The second-order valence-electron chi connectivity index (χ2n) is 7.16. The van der Waals surface area contributed by atoms with Crippen LogP contribution >= 0.6 is 23.3 Å². The molecule has 0 radical (unpaired) electrons. The van der Waals surface area contributed by atoms with Crippen molar-refractivity contribution in [3.8, 4) is 11.1 Å². The Morgan fingerprint density at radius 2 is 1.57 bits per heavy atom. The summed E-state index contributed by atoms with van der Waals surface area (Å²) in [6, 6.07) is 15.7. The van der Waals surface area contributed by atoms with Crippen molar-refractivity contribution in [1.29, 1.82) is 0 Å². The van der Waals surface area contributed by atoms with Crippen LogP contribution < -0.4 is 5.32 Å². The number of alkyl halides is 3. The maximum absolute atomic E-state index is 12.9. The van der Waals surface area contributed by atoms with E-state index in [1.54, 1.807) is 19.2 Å². The molecule has 8 heteroatoms. The topological polar surface area (TPSA) is 41.5 Å². The lowest BCUT2D eigenvalue weighted by Crippen LogP contribution is -2.37. The lowest BCUT2D eigenvalue weighted by Gasteiger charge is -2.15. The highest BCUT2D eigenvalue weighted by Crippen LogP contribution is 2.33. The predicted octanol–water partition coefficient (Wildman–Crippen LogP) is 9.10. The lowest BCUT2D eigenvalue weighted by molar-refractivity contribution is -0.137. The zero-order valence-electron chi connectivity index (χ0n) is 22.4. The van der Waals surface area contributed by atoms with Crippen LogP contribution in [0.5, 0.6) is 0 Å². The summed E-state index contributed by atoms with van der Waals surface area (Å²) < 4.78 is 38.6. The molecule has 0 aliphatic carbocycles. The number of nitrogens with one attached hydrogen (secondary N) is 1. The van der Waals surface area contributed by atoms with E-state index in [0.717, 1.165) is 34.2 Å². The number of thiol groups is 2. The van der Waals surface area contributed by atoms with Gasteiger partial charge in [-0.15, -0.1) is 23.3 Å². The molecule has 3 aromatic rings. The molecule has 0 fully saturated rings. The quantitative estimate of drug-likeness (QED) is 0.166. The Kier molecular flexibility index (Phi) is 16.4. The minimum absolute atomic E-state index is 0.222. The summed E-state index contributed by atoms with van der Waals surface area (Å²) in [6.07, 6.45) is -0.655. The zero-order chi connectivity index (χ0) is 28.6. The second kappa shape index (κ2) is 17.7. The SMILES string of the molecule is C/C=C\C(=NC)C(C)NC(=O)c1ccc2c(-c3ccc(C(F)(F)F)cc3)cccc2c1.CC.CC.SS. The predicted molar refractivity (Wildman–Crippen MR) is 160 cm³/mol. The fourth-order valence-corrected chi connectivity index (χ4v) is 3.45. The highest BCUT2D eigenvalue weighted by Gasteiger charge is 2.30. The summed E-state index contributed by atoms with van der Waals surface area (Å²) in [5.41, 5.74) is 2.07. The molecule has 0 aliphatic heterocycles. The molecular formula is C29H37F3N2OS2. The van der Waals surface area contributed by atoms with E-state index in [2.05, 4.69) is 33.6 Å². The number of halogens is 3. The number of amides is 1. The van der Waals surface area contributed by atoms with Crippen LogP contribution in [0.2, 0.25) is 0 Å². The van der Waals surface area contributed by atoms with E-state index in [4.69, 9.17) is 0 Å². The van der Waals surface area contributed by atoms with Crippen molar-refractivity contribution in [3.63, 3.8) is 0 Å². The third kappa shape index (κ3) is 9.93. The number of hydrogen-bond acceptors (Lipinski definition) is 4. The summed E-state index contributed by atoms with van der Waals surface area (Å²) in [5, 5.41) is 4.62. The van der Waals surface area contributed by atoms with Crippen LogP contribution in [0, 0.1) is 0 Å². The molecule has 3 rings (SSSR count). The van der Waals surface area contributed by atoms with E-state index >= 15 is 0 Å². The Hall–Kier alpha value is -2.71. The number of carbonyl (C=O) groups is 1. The highest BCUT2D eigenvalue weighted by atomic mass is 33.1. The van der Waals surface area contributed by atoms with Crippen LogP contribution in [0.15, 0.2) is 77.8 Å². The first-order valence-electron chi connectivity index (χ1n) is 12.0. The van der Waals surface area contributed by atoms with Gasteiger partial charge in [-0.25, -0.2) is 0 Å². The van der Waals surface area contributed by atoms with Crippen molar-refractivity contribution in [2.24, 2.45) is 4.99 Å². The Balaban J connectivity index is 0.00000201. The van der Waals surface area contributed by atoms with Gasteiger partial charge in [0.05, 0.1) is 17.3 Å². The van der Waals surface area contributed by atoms with Crippen LogP contribution in [0.4, 0.5) is 13.2 Å². The monoisotopic (exact) mass is 550 g/mol. The molecule has 202 valence electrons. The Bertz CT molecular complexity index is 1160. The molecule has 0 heterocycles. The van der Waals surface area contributed by atoms with Gasteiger partial charge in [0.2, 0.25) is 0 Å². The van der Waals surface area contributed by atoms with E-state index in [9.17, 15) is 18.0 Å². The first-order chi connectivity index (χ1) is 17.7. The van der Waals surface area contributed by atoms with Gasteiger partial charge in [-0.3, -0.25) is 9.79 Å². The van der Waals surface area contributed by atoms with Crippen molar-refractivity contribution in [2.75, 3.05) is 7.05 Å². The molecule has 0 aliphatic rings. The molecule has 37 heavy (non-hydrogen) atoms. The third-order valence-electron chi connectivity index (χ3n) is 5.05. The van der Waals surface area contributed by atoms with Gasteiger partial charge in [0, 0.05) is 12.6 Å². The van der Waals surface area contributed by atoms with E-state index in [1.165, 1.54) is 12.1 Å². The molecule has 1 amide bonds. The van der Waals surface area contributed by atoms with Crippen LogP contribution in [0.25, 0.3) is 21.9 Å². The molecule has 0 spiro atoms. The molecule has 3 nitrogen and oxygen atoms in total. The number of fused-ring (bicyclic) bond motifs is 1. The fraction of sp³-hybridized carbons (Fsp3) is 0.310. The fourth-order valence-electron chi connectivity index (χ4n) is 3.45. The van der Waals surface area contributed by atoms with Gasteiger partial charge in [-0.1, -0.05) is 70.2 Å². The van der Waals surface area contributed by atoms with E-state index in [-0.39, 0.29) is 11.9 Å². The van der Waals surface area contributed by atoms with E-state index in [1.807, 2.05) is 78.0 Å². The number of benzene rings is 3. The Labute approximate surface area is 229 Å². The molecule has 0 aromatic heterocycles. The average molecular weight is 551 g/mol. The molecule has 1 atom stereocenters. The van der Waals surface area contributed by atoms with Crippen molar-refractivity contribution in [2.45, 2.75) is 53.8 Å². The maximum Gasteiger partial charge on any atom is 0.416 e. The van der Waals surface area contributed by atoms with Crippen molar-refractivity contribution >= 4 is 45.7 Å². The van der Waals surface area contributed by atoms with Gasteiger partial charge in [0.25, 0.3) is 5.91 Å². The molecule has 0 saturated heterocycles. The van der Waals surface area contributed by atoms with E-state index in [0.29, 0.717) is 11.1 Å². The van der Waals surface area contributed by atoms with Crippen molar-refractivity contribution in [3.05, 3.63) is 83.9 Å². The number of nitrogens with zero attached hydrogens (tertiary/aromatic N) is 1. The van der Waals surface area contributed by atoms with Crippen LogP contribution in [0.1, 0.15) is 57.5 Å². The van der Waals surface area contributed by atoms with Crippen LogP contribution in [0.3, 0.4) is 0 Å². The van der Waals surface area contributed by atoms with Gasteiger partial charge < -0.3 is 5.32 Å². The second-order valence-corrected chi connectivity index (χ2v) is 7.16.